The summed E-state index contributed by atoms with van der Waals surface area (Å²) in [7, 11) is 3.66. The Hall–Kier alpha value is -0.120. The lowest BCUT2D eigenvalue weighted by atomic mass is 10.6. The quantitative estimate of drug-likeness (QED) is 0.433. The second kappa shape index (κ2) is 1.43. The molecule has 0 heterocycles. The fourth-order valence-corrected chi connectivity index (χ4v) is 0.822. The van der Waals surface area contributed by atoms with Crippen molar-refractivity contribution < 1.29 is 10.2 Å². The highest BCUT2D eigenvalue weighted by molar-refractivity contribution is 5.00. The molecule has 0 bridgehead atoms. The molecule has 0 spiro atoms. The molecule has 0 radical (unpaired) electrons. The molecule has 1 unspecified atom stereocenters. The summed E-state index contributed by atoms with van der Waals surface area (Å²) in [6, 6.07) is -0.0394. The van der Waals surface area contributed by atoms with E-state index in [-0.39, 0.29) is 6.04 Å². The van der Waals surface area contributed by atoms with Gasteiger partial charge in [0.25, 0.3) is 0 Å². The van der Waals surface area contributed by atoms with Crippen LogP contribution in [0.15, 0.2) is 0 Å². The first-order chi connectivity index (χ1) is 3.54. The van der Waals surface area contributed by atoms with Crippen LogP contribution in [0.25, 0.3) is 0 Å². The van der Waals surface area contributed by atoms with Crippen molar-refractivity contribution in [3.63, 3.8) is 0 Å². The molecule has 1 aliphatic carbocycles. The van der Waals surface area contributed by atoms with Crippen LogP contribution < -0.4 is 0 Å². The minimum Gasteiger partial charge on any atom is -0.364 e. The van der Waals surface area contributed by atoms with Gasteiger partial charge in [0.15, 0.2) is 5.79 Å². The molecule has 2 N–H and O–H groups in total. The smallest absolute Gasteiger partial charge is 0.180 e. The van der Waals surface area contributed by atoms with Gasteiger partial charge in [0.05, 0.1) is 6.04 Å². The SMILES string of the molecule is CN(C)C1CC1(O)O. The first kappa shape index (κ1) is 6.01. The molecule has 1 aliphatic rings. The Kier molecular flexibility index (Phi) is 1.08. The van der Waals surface area contributed by atoms with Gasteiger partial charge in [-0.1, -0.05) is 0 Å². The molecular formula is C5H11NO2. The molecule has 48 valence electrons. The van der Waals surface area contributed by atoms with Crippen LogP contribution in [0, 0.1) is 0 Å². The van der Waals surface area contributed by atoms with E-state index >= 15 is 0 Å². The molecule has 1 saturated carbocycles. The number of aliphatic hydroxyl groups is 2. The van der Waals surface area contributed by atoms with Gasteiger partial charge in [-0.25, -0.2) is 0 Å². The number of hydrogen-bond acceptors (Lipinski definition) is 3. The fraction of sp³-hybridized carbons (Fsp3) is 1.00. The molecule has 0 aromatic carbocycles. The van der Waals surface area contributed by atoms with E-state index in [1.807, 2.05) is 14.1 Å². The van der Waals surface area contributed by atoms with Gasteiger partial charge in [-0.15, -0.1) is 0 Å². The molecule has 3 heteroatoms. The van der Waals surface area contributed by atoms with Crippen LogP contribution in [0.5, 0.6) is 0 Å². The summed E-state index contributed by atoms with van der Waals surface area (Å²) in [4.78, 5) is 1.81. The molecule has 0 aliphatic heterocycles. The Morgan fingerprint density at radius 3 is 1.88 bits per heavy atom. The van der Waals surface area contributed by atoms with Gasteiger partial charge in [-0.05, 0) is 14.1 Å². The lowest BCUT2D eigenvalue weighted by Crippen LogP contribution is -2.24. The van der Waals surface area contributed by atoms with E-state index in [0.29, 0.717) is 6.42 Å². The maximum atomic E-state index is 8.78. The van der Waals surface area contributed by atoms with E-state index in [1.165, 1.54) is 0 Å². The minimum absolute atomic E-state index is 0.0394. The maximum absolute atomic E-state index is 8.78. The zero-order valence-corrected chi connectivity index (χ0v) is 5.13. The summed E-state index contributed by atoms with van der Waals surface area (Å²) in [5, 5.41) is 17.6. The van der Waals surface area contributed by atoms with E-state index in [1.54, 1.807) is 4.90 Å². The van der Waals surface area contributed by atoms with Crippen LogP contribution in [0.4, 0.5) is 0 Å². The van der Waals surface area contributed by atoms with E-state index < -0.39 is 5.79 Å². The van der Waals surface area contributed by atoms with Crippen molar-refractivity contribution in [2.24, 2.45) is 0 Å². The average molecular weight is 117 g/mol. The zero-order valence-electron chi connectivity index (χ0n) is 5.13. The van der Waals surface area contributed by atoms with Crippen molar-refractivity contribution >= 4 is 0 Å². The van der Waals surface area contributed by atoms with Crippen LogP contribution in [0.3, 0.4) is 0 Å². The van der Waals surface area contributed by atoms with E-state index in [0.717, 1.165) is 0 Å². The summed E-state index contributed by atoms with van der Waals surface area (Å²) in [5.74, 6) is -1.39. The summed E-state index contributed by atoms with van der Waals surface area (Å²) in [6.07, 6.45) is 0.486. The van der Waals surface area contributed by atoms with Gasteiger partial charge >= 0.3 is 0 Å². The standard InChI is InChI=1S/C5H11NO2/c1-6(2)4-3-5(4,7)8/h4,7-8H,3H2,1-2H3. The second-order valence-corrected chi connectivity index (χ2v) is 2.56. The van der Waals surface area contributed by atoms with Crippen molar-refractivity contribution in [3.8, 4) is 0 Å². The number of rotatable bonds is 1. The van der Waals surface area contributed by atoms with Crippen molar-refractivity contribution in [3.05, 3.63) is 0 Å². The molecule has 1 rings (SSSR count). The Balaban J connectivity index is 2.37. The van der Waals surface area contributed by atoms with Crippen molar-refractivity contribution in [2.45, 2.75) is 18.2 Å². The van der Waals surface area contributed by atoms with Gasteiger partial charge in [-0.2, -0.15) is 0 Å². The third kappa shape index (κ3) is 0.844. The predicted molar refractivity (Wildman–Crippen MR) is 29.3 cm³/mol. The summed E-state index contributed by atoms with van der Waals surface area (Å²) < 4.78 is 0. The Morgan fingerprint density at radius 1 is 1.50 bits per heavy atom. The van der Waals surface area contributed by atoms with Crippen molar-refractivity contribution in [1.82, 2.24) is 4.90 Å². The normalized spacial score (nSPS) is 33.4. The Bertz CT molecular complexity index is 101. The lowest BCUT2D eigenvalue weighted by molar-refractivity contribution is -0.0850. The van der Waals surface area contributed by atoms with Gasteiger partial charge in [0, 0.05) is 6.42 Å². The summed E-state index contributed by atoms with van der Waals surface area (Å²) in [5.41, 5.74) is 0. The van der Waals surface area contributed by atoms with Crippen LogP contribution in [0.1, 0.15) is 6.42 Å². The van der Waals surface area contributed by atoms with Crippen molar-refractivity contribution in [1.29, 1.82) is 0 Å². The Labute approximate surface area is 48.5 Å². The lowest BCUT2D eigenvalue weighted by Gasteiger charge is -2.08. The van der Waals surface area contributed by atoms with E-state index in [9.17, 15) is 0 Å². The highest BCUT2D eigenvalue weighted by atomic mass is 16.5. The fourth-order valence-electron chi connectivity index (χ4n) is 0.822. The molecular weight excluding hydrogens is 106 g/mol. The highest BCUT2D eigenvalue weighted by Gasteiger charge is 2.53. The van der Waals surface area contributed by atoms with Gasteiger partial charge < -0.3 is 15.1 Å². The first-order valence-electron chi connectivity index (χ1n) is 2.65. The van der Waals surface area contributed by atoms with Crippen LogP contribution in [-0.4, -0.2) is 41.0 Å². The average Bonchev–Trinajstić information content (AvgIpc) is 2.13. The van der Waals surface area contributed by atoms with Gasteiger partial charge in [0.2, 0.25) is 0 Å². The largest absolute Gasteiger partial charge is 0.364 e. The molecule has 1 atom stereocenters. The third-order valence-corrected chi connectivity index (χ3v) is 1.49. The third-order valence-electron chi connectivity index (χ3n) is 1.49. The Morgan fingerprint density at radius 2 is 1.88 bits per heavy atom. The molecule has 0 aromatic heterocycles. The number of nitrogens with zero attached hydrogens (tertiary/aromatic N) is 1. The first-order valence-corrected chi connectivity index (χ1v) is 2.65. The summed E-state index contributed by atoms with van der Waals surface area (Å²) >= 11 is 0. The number of hydrogen-bond donors (Lipinski definition) is 2. The van der Waals surface area contributed by atoms with E-state index in [4.69, 9.17) is 10.2 Å². The van der Waals surface area contributed by atoms with Crippen molar-refractivity contribution in [2.75, 3.05) is 14.1 Å². The molecule has 8 heavy (non-hydrogen) atoms. The molecule has 0 aromatic rings. The van der Waals surface area contributed by atoms with Crippen LogP contribution >= 0.6 is 0 Å². The highest BCUT2D eigenvalue weighted by Crippen LogP contribution is 2.35. The van der Waals surface area contributed by atoms with Crippen LogP contribution in [0.2, 0.25) is 0 Å². The minimum atomic E-state index is -1.39. The van der Waals surface area contributed by atoms with Gasteiger partial charge in [-0.3, -0.25) is 0 Å². The molecule has 0 saturated heterocycles. The zero-order chi connectivity index (χ0) is 6.36. The monoisotopic (exact) mass is 117 g/mol. The van der Waals surface area contributed by atoms with E-state index in [2.05, 4.69) is 0 Å². The second-order valence-electron chi connectivity index (χ2n) is 2.56. The summed E-state index contributed by atoms with van der Waals surface area (Å²) in [6.45, 7) is 0. The topological polar surface area (TPSA) is 43.7 Å². The van der Waals surface area contributed by atoms with Gasteiger partial charge in [0.1, 0.15) is 0 Å². The molecule has 0 amide bonds. The molecule has 3 nitrogen and oxygen atoms in total. The van der Waals surface area contributed by atoms with Crippen LogP contribution in [-0.2, 0) is 0 Å². The predicted octanol–water partition coefficient (Wildman–Crippen LogP) is -0.999. The molecule has 1 fully saturated rings. The maximum Gasteiger partial charge on any atom is 0.180 e. The number of likely N-dealkylation sites (N-methyl/N-ethyl adjacent to an activating group) is 1.